The van der Waals surface area contributed by atoms with E-state index >= 15 is 0 Å². The third-order valence-electron chi connectivity index (χ3n) is 8.32. The number of nitrogens with zero attached hydrogens (tertiary/aromatic N) is 1. The third-order valence-corrected chi connectivity index (χ3v) is 8.57. The first-order valence-corrected chi connectivity index (χ1v) is 19.7. The van der Waals surface area contributed by atoms with E-state index in [0.717, 1.165) is 38.5 Å². The van der Waals surface area contributed by atoms with E-state index in [9.17, 15) is 19.2 Å². The molecule has 0 heterocycles. The van der Waals surface area contributed by atoms with Crippen molar-refractivity contribution >= 4 is 35.1 Å². The average Bonchev–Trinajstić information content (AvgIpc) is 3.16. The maximum Gasteiger partial charge on any atom is 0.263 e. The minimum absolute atomic E-state index is 0.0220. The Bertz CT molecular complexity index is 1640. The molecule has 2 aromatic carbocycles. The Balaban J connectivity index is 1.57. The lowest BCUT2D eigenvalue weighted by Crippen LogP contribution is -2.48. The molecule has 3 amide bonds. The molecule has 0 radical (unpaired) electrons. The highest BCUT2D eigenvalue weighted by atomic mass is 35.5. The van der Waals surface area contributed by atoms with Gasteiger partial charge in [0.2, 0.25) is 11.8 Å². The lowest BCUT2D eigenvalue weighted by atomic mass is 10.0. The fraction of sp³-hybridized carbons (Fsp3) is 0.391. The molecule has 0 aromatic heterocycles. The number of hydrogen-bond donors (Lipinski definition) is 2. The molecule has 2 aromatic rings. The maximum absolute atomic E-state index is 13.0. The second-order valence-electron chi connectivity index (χ2n) is 13.4. The van der Waals surface area contributed by atoms with Crippen LogP contribution in [0.25, 0.3) is 0 Å². The van der Waals surface area contributed by atoms with Crippen LogP contribution in [0, 0.1) is 0 Å². The van der Waals surface area contributed by atoms with Gasteiger partial charge in [-0.15, -0.1) is 0 Å². The summed E-state index contributed by atoms with van der Waals surface area (Å²) < 4.78 is 5.94. The van der Waals surface area contributed by atoms with Gasteiger partial charge in [0.05, 0.1) is 0 Å². The molecule has 0 aliphatic rings. The Labute approximate surface area is 334 Å². The van der Waals surface area contributed by atoms with E-state index < -0.39 is 5.60 Å². The number of carbonyl (C=O) groups excluding carboxylic acids is 4. The van der Waals surface area contributed by atoms with Crippen molar-refractivity contribution in [3.05, 3.63) is 138 Å². The summed E-state index contributed by atoms with van der Waals surface area (Å²) >= 11 is 5.92. The van der Waals surface area contributed by atoms with Gasteiger partial charge in [0.15, 0.2) is 11.4 Å². The standard InChI is InChI=1S/C46H60ClN3O5/c1-5-6-7-8-9-10-11-12-13-14-15-16-17-18-19-20-21-22-23-25-43(52)48-34-24-36-50(38(2)51)37-35-49-45(54)46(3,4)55-42-32-28-40(29-33-42)44(53)39-26-30-41(47)31-27-39/h6-7,9-10,12-13,15-16,18-19,21-22,26-33H,5,8,11,14,17,20,23-25,34-37H2,1-4H3,(H,48,52)(H,49,54). The normalized spacial score (nSPS) is 12.2. The van der Waals surface area contributed by atoms with E-state index in [1.54, 1.807) is 67.3 Å². The van der Waals surface area contributed by atoms with Crippen LogP contribution in [0.1, 0.15) is 101 Å². The average molecular weight is 770 g/mol. The summed E-state index contributed by atoms with van der Waals surface area (Å²) in [6.07, 6.45) is 33.3. The van der Waals surface area contributed by atoms with Crippen LogP contribution in [0.5, 0.6) is 5.75 Å². The van der Waals surface area contributed by atoms with Crippen molar-refractivity contribution in [2.45, 2.75) is 91.1 Å². The molecule has 8 nitrogen and oxygen atoms in total. The minimum Gasteiger partial charge on any atom is -0.478 e. The number of benzene rings is 2. The second-order valence-corrected chi connectivity index (χ2v) is 13.8. The van der Waals surface area contributed by atoms with Gasteiger partial charge in [-0.2, -0.15) is 0 Å². The highest BCUT2D eigenvalue weighted by molar-refractivity contribution is 6.30. The molecule has 55 heavy (non-hydrogen) atoms. The van der Waals surface area contributed by atoms with Gasteiger partial charge in [-0.25, -0.2) is 0 Å². The number of halogens is 1. The predicted octanol–water partition coefficient (Wildman–Crippen LogP) is 9.68. The number of ketones is 1. The molecule has 9 heteroatoms. The highest BCUT2D eigenvalue weighted by Crippen LogP contribution is 2.21. The summed E-state index contributed by atoms with van der Waals surface area (Å²) in [4.78, 5) is 51.8. The zero-order chi connectivity index (χ0) is 40.2. The number of rotatable bonds is 26. The minimum atomic E-state index is -1.20. The Hall–Kier alpha value is -4.95. The molecule has 296 valence electrons. The van der Waals surface area contributed by atoms with Gasteiger partial charge in [-0.05, 0) is 114 Å². The maximum atomic E-state index is 13.0. The molecular weight excluding hydrogens is 710 g/mol. The largest absolute Gasteiger partial charge is 0.478 e. The first-order chi connectivity index (χ1) is 26.5. The Kier molecular flexibility index (Phi) is 23.2. The van der Waals surface area contributed by atoms with Crippen LogP contribution in [-0.4, -0.2) is 60.2 Å². The first-order valence-electron chi connectivity index (χ1n) is 19.3. The number of ether oxygens (including phenoxy) is 1. The van der Waals surface area contributed by atoms with E-state index in [1.165, 1.54) is 6.92 Å². The molecule has 0 atom stereocenters. The quantitative estimate of drug-likeness (QED) is 0.0564. The molecule has 0 aliphatic carbocycles. The Morgan fingerprint density at radius 2 is 1.16 bits per heavy atom. The molecule has 0 bridgehead atoms. The molecule has 0 spiro atoms. The smallest absolute Gasteiger partial charge is 0.263 e. The van der Waals surface area contributed by atoms with Crippen LogP contribution >= 0.6 is 11.6 Å². The summed E-state index contributed by atoms with van der Waals surface area (Å²) in [6.45, 7) is 8.44. The molecule has 0 unspecified atom stereocenters. The summed E-state index contributed by atoms with van der Waals surface area (Å²) in [5.41, 5.74) is -0.186. The lowest BCUT2D eigenvalue weighted by Gasteiger charge is -2.27. The van der Waals surface area contributed by atoms with E-state index in [-0.39, 0.29) is 30.0 Å². The number of nitrogens with one attached hydrogen (secondary N) is 2. The first kappa shape index (κ1) is 46.2. The van der Waals surface area contributed by atoms with E-state index in [0.29, 0.717) is 60.8 Å². The molecule has 0 saturated carbocycles. The van der Waals surface area contributed by atoms with Crippen LogP contribution in [0.4, 0.5) is 0 Å². The molecule has 2 N–H and O–H groups in total. The van der Waals surface area contributed by atoms with Crippen molar-refractivity contribution in [2.75, 3.05) is 26.2 Å². The second kappa shape index (κ2) is 27.6. The topological polar surface area (TPSA) is 105 Å². The summed E-state index contributed by atoms with van der Waals surface area (Å²) in [6, 6.07) is 13.3. The summed E-state index contributed by atoms with van der Waals surface area (Å²) in [5, 5.41) is 6.32. The SMILES string of the molecule is CCC=CCC=CCC=CCC=CCC=CCC=CCCC(=O)NCCCN(CCNC(=O)C(C)(C)Oc1ccc(C(=O)c2ccc(Cl)cc2)cc1)C(C)=O. The monoisotopic (exact) mass is 769 g/mol. The zero-order valence-corrected chi connectivity index (χ0v) is 33.9. The molecular formula is C46H60ClN3O5. The lowest BCUT2D eigenvalue weighted by molar-refractivity contribution is -0.135. The van der Waals surface area contributed by atoms with Gasteiger partial charge in [-0.3, -0.25) is 19.2 Å². The van der Waals surface area contributed by atoms with Crippen molar-refractivity contribution in [3.8, 4) is 5.75 Å². The molecule has 2 rings (SSSR count). The van der Waals surface area contributed by atoms with Crippen LogP contribution < -0.4 is 15.4 Å². The van der Waals surface area contributed by atoms with Crippen LogP contribution in [0.3, 0.4) is 0 Å². The van der Waals surface area contributed by atoms with Crippen LogP contribution in [0.15, 0.2) is 121 Å². The van der Waals surface area contributed by atoms with Crippen molar-refractivity contribution in [1.82, 2.24) is 15.5 Å². The van der Waals surface area contributed by atoms with Gasteiger partial charge in [-0.1, -0.05) is 91.4 Å². The van der Waals surface area contributed by atoms with E-state index in [4.69, 9.17) is 16.3 Å². The Morgan fingerprint density at radius 3 is 1.67 bits per heavy atom. The fourth-order valence-electron chi connectivity index (χ4n) is 5.17. The van der Waals surface area contributed by atoms with Gasteiger partial charge in [0, 0.05) is 55.7 Å². The van der Waals surface area contributed by atoms with Gasteiger partial charge in [0.25, 0.3) is 5.91 Å². The van der Waals surface area contributed by atoms with Crippen LogP contribution in [-0.2, 0) is 14.4 Å². The van der Waals surface area contributed by atoms with Crippen molar-refractivity contribution in [3.63, 3.8) is 0 Å². The van der Waals surface area contributed by atoms with E-state index in [1.807, 2.05) is 6.08 Å². The summed E-state index contributed by atoms with van der Waals surface area (Å²) in [5.74, 6) is -0.170. The van der Waals surface area contributed by atoms with Crippen molar-refractivity contribution in [1.29, 1.82) is 0 Å². The van der Waals surface area contributed by atoms with Gasteiger partial charge >= 0.3 is 0 Å². The number of hydrogen-bond acceptors (Lipinski definition) is 5. The molecule has 0 saturated heterocycles. The molecule has 0 aliphatic heterocycles. The number of amides is 3. The fourth-order valence-corrected chi connectivity index (χ4v) is 5.29. The van der Waals surface area contributed by atoms with Crippen molar-refractivity contribution in [2.24, 2.45) is 0 Å². The number of allylic oxidation sites excluding steroid dienone is 12. The third kappa shape index (κ3) is 20.9. The van der Waals surface area contributed by atoms with Crippen LogP contribution in [0.2, 0.25) is 5.02 Å². The highest BCUT2D eigenvalue weighted by Gasteiger charge is 2.30. The van der Waals surface area contributed by atoms with Crippen molar-refractivity contribution < 1.29 is 23.9 Å². The zero-order valence-electron chi connectivity index (χ0n) is 33.1. The van der Waals surface area contributed by atoms with Gasteiger partial charge < -0.3 is 20.3 Å². The Morgan fingerprint density at radius 1 is 0.673 bits per heavy atom. The van der Waals surface area contributed by atoms with E-state index in [2.05, 4.69) is 84.4 Å². The summed E-state index contributed by atoms with van der Waals surface area (Å²) in [7, 11) is 0. The van der Waals surface area contributed by atoms with Gasteiger partial charge in [0.1, 0.15) is 5.75 Å². The predicted molar refractivity (Wildman–Crippen MR) is 226 cm³/mol. The molecule has 0 fully saturated rings. The number of carbonyl (C=O) groups is 4.